The van der Waals surface area contributed by atoms with E-state index in [1.165, 1.54) is 11.3 Å². The molecule has 4 rings (SSSR count). The summed E-state index contributed by atoms with van der Waals surface area (Å²) in [4.78, 5) is 6.83. The number of hydrogen-bond acceptors (Lipinski definition) is 4. The van der Waals surface area contributed by atoms with Crippen molar-refractivity contribution < 1.29 is 9.47 Å². The van der Waals surface area contributed by atoms with E-state index in [4.69, 9.17) is 9.47 Å². The Balaban J connectivity index is 1.88. The summed E-state index contributed by atoms with van der Waals surface area (Å²) in [6.45, 7) is 6.36. The highest BCUT2D eigenvalue weighted by atomic mass is 16.7. The normalized spacial score (nSPS) is 16.1. The predicted molar refractivity (Wildman–Crippen MR) is 75.2 cm³/mol. The van der Waals surface area contributed by atoms with Crippen LogP contribution in [0.4, 0.5) is 5.69 Å². The number of imidazole rings is 1. The van der Waals surface area contributed by atoms with Gasteiger partial charge >= 0.3 is 0 Å². The molecule has 0 bridgehead atoms. The zero-order valence-electron chi connectivity index (χ0n) is 11.7. The average molecular weight is 271 g/mol. The summed E-state index contributed by atoms with van der Waals surface area (Å²) in [5.41, 5.74) is 2.47. The van der Waals surface area contributed by atoms with Gasteiger partial charge in [-0.25, -0.2) is 4.98 Å². The van der Waals surface area contributed by atoms with E-state index in [-0.39, 0.29) is 0 Å². The third kappa shape index (κ3) is 1.66. The van der Waals surface area contributed by atoms with Crippen molar-refractivity contribution in [2.45, 2.75) is 33.0 Å². The van der Waals surface area contributed by atoms with Crippen molar-refractivity contribution >= 4 is 5.69 Å². The van der Waals surface area contributed by atoms with Crippen LogP contribution in [0.25, 0.3) is 0 Å². The summed E-state index contributed by atoms with van der Waals surface area (Å²) in [5, 5.41) is 0. The Morgan fingerprint density at radius 2 is 1.95 bits per heavy atom. The van der Waals surface area contributed by atoms with Gasteiger partial charge < -0.3 is 18.9 Å². The molecule has 20 heavy (non-hydrogen) atoms. The molecule has 3 heterocycles. The van der Waals surface area contributed by atoms with E-state index < -0.39 is 0 Å². The van der Waals surface area contributed by atoms with Gasteiger partial charge in [0.2, 0.25) is 6.79 Å². The summed E-state index contributed by atoms with van der Waals surface area (Å²) in [6, 6.07) is 4.60. The maximum absolute atomic E-state index is 5.52. The van der Waals surface area contributed by atoms with Crippen molar-refractivity contribution in [3.63, 3.8) is 0 Å². The van der Waals surface area contributed by atoms with Gasteiger partial charge in [-0.3, -0.25) is 0 Å². The molecule has 1 aromatic heterocycles. The molecule has 0 saturated heterocycles. The molecule has 0 radical (unpaired) electrons. The molecule has 104 valence electrons. The third-order valence-corrected chi connectivity index (χ3v) is 3.96. The summed E-state index contributed by atoms with van der Waals surface area (Å²) >= 11 is 0. The van der Waals surface area contributed by atoms with Gasteiger partial charge in [-0.1, -0.05) is 0 Å². The molecule has 0 aliphatic carbocycles. The second-order valence-corrected chi connectivity index (χ2v) is 5.53. The van der Waals surface area contributed by atoms with Crippen molar-refractivity contribution in [3.05, 3.63) is 35.9 Å². The van der Waals surface area contributed by atoms with Crippen LogP contribution in [-0.2, 0) is 13.1 Å². The fraction of sp³-hybridized carbons (Fsp3) is 0.400. The number of aromatic nitrogens is 2. The minimum absolute atomic E-state index is 0.316. The Kier molecular flexibility index (Phi) is 2.42. The molecule has 0 fully saturated rings. The molecule has 0 amide bonds. The van der Waals surface area contributed by atoms with Gasteiger partial charge in [-0.2, -0.15) is 0 Å². The van der Waals surface area contributed by atoms with E-state index in [0.29, 0.717) is 12.8 Å². The second kappa shape index (κ2) is 4.16. The first-order valence-electron chi connectivity index (χ1n) is 6.91. The van der Waals surface area contributed by atoms with Gasteiger partial charge in [0, 0.05) is 30.2 Å². The van der Waals surface area contributed by atoms with Crippen LogP contribution in [0, 0.1) is 0 Å². The van der Waals surface area contributed by atoms with Crippen molar-refractivity contribution in [3.8, 4) is 11.5 Å². The van der Waals surface area contributed by atoms with E-state index in [1.54, 1.807) is 0 Å². The Hall–Kier alpha value is -2.17. The Bertz CT molecular complexity index is 663. The van der Waals surface area contributed by atoms with Crippen LogP contribution in [-0.4, -0.2) is 22.4 Å². The van der Waals surface area contributed by atoms with Gasteiger partial charge in [0.05, 0.1) is 13.1 Å². The number of rotatable bonds is 1. The second-order valence-electron chi connectivity index (χ2n) is 5.53. The number of benzene rings is 1. The van der Waals surface area contributed by atoms with Crippen LogP contribution in [0.15, 0.2) is 24.5 Å². The van der Waals surface area contributed by atoms with Crippen molar-refractivity contribution in [2.75, 3.05) is 11.7 Å². The van der Waals surface area contributed by atoms with E-state index in [9.17, 15) is 0 Å². The zero-order chi connectivity index (χ0) is 13.7. The lowest BCUT2D eigenvalue weighted by Gasteiger charge is -2.28. The Labute approximate surface area is 117 Å². The molecule has 5 heteroatoms. The molecule has 5 nitrogen and oxygen atoms in total. The van der Waals surface area contributed by atoms with Crippen LogP contribution in [0.1, 0.15) is 25.2 Å². The van der Waals surface area contributed by atoms with Crippen molar-refractivity contribution in [1.82, 2.24) is 9.55 Å². The maximum atomic E-state index is 5.52. The van der Waals surface area contributed by atoms with Gasteiger partial charge in [-0.15, -0.1) is 0 Å². The lowest BCUT2D eigenvalue weighted by Crippen LogP contribution is -2.30. The number of anilines is 1. The molecule has 0 atom stereocenters. The van der Waals surface area contributed by atoms with E-state index in [0.717, 1.165) is 30.4 Å². The maximum Gasteiger partial charge on any atom is 0.231 e. The number of nitrogens with zero attached hydrogens (tertiary/aromatic N) is 3. The largest absolute Gasteiger partial charge is 0.454 e. The fourth-order valence-corrected chi connectivity index (χ4v) is 2.88. The lowest BCUT2D eigenvalue weighted by atomic mass is 10.1. The Morgan fingerprint density at radius 1 is 1.15 bits per heavy atom. The number of ether oxygens (including phenoxy) is 2. The molecule has 2 aliphatic rings. The topological polar surface area (TPSA) is 39.5 Å². The molecule has 0 unspecified atom stereocenters. The van der Waals surface area contributed by atoms with Gasteiger partial charge in [-0.05, 0) is 25.5 Å². The molecule has 2 aliphatic heterocycles. The monoisotopic (exact) mass is 271 g/mol. The first kappa shape index (κ1) is 11.6. The van der Waals surface area contributed by atoms with Crippen molar-refractivity contribution in [2.24, 2.45) is 0 Å². The molecule has 0 N–H and O–H groups in total. The van der Waals surface area contributed by atoms with E-state index in [1.807, 2.05) is 12.4 Å². The molecule has 0 saturated carbocycles. The van der Waals surface area contributed by atoms with Crippen LogP contribution in [0.3, 0.4) is 0 Å². The number of hydrogen-bond donors (Lipinski definition) is 0. The smallest absolute Gasteiger partial charge is 0.231 e. The molecular weight excluding hydrogens is 254 g/mol. The zero-order valence-corrected chi connectivity index (χ0v) is 11.7. The van der Waals surface area contributed by atoms with Crippen LogP contribution >= 0.6 is 0 Å². The average Bonchev–Trinajstić information content (AvgIpc) is 3.01. The molecule has 2 aromatic rings. The molecule has 0 spiro atoms. The molecular formula is C15H17N3O2. The first-order chi connectivity index (χ1) is 9.72. The quantitative estimate of drug-likeness (QED) is 0.798. The van der Waals surface area contributed by atoms with Crippen LogP contribution in [0.5, 0.6) is 11.5 Å². The Morgan fingerprint density at radius 3 is 2.75 bits per heavy atom. The minimum atomic E-state index is 0.316. The standard InChI is InChI=1S/C15H17N3O2/c1-10(2)18-8-15-16-3-4-17(15)7-11-5-13-14(6-12(11)18)20-9-19-13/h3-6,10H,7-9H2,1-2H3. The van der Waals surface area contributed by atoms with Gasteiger partial charge in [0.1, 0.15) is 5.82 Å². The summed E-state index contributed by atoms with van der Waals surface area (Å²) < 4.78 is 13.2. The lowest BCUT2D eigenvalue weighted by molar-refractivity contribution is 0.174. The number of fused-ring (bicyclic) bond motifs is 3. The van der Waals surface area contributed by atoms with Gasteiger partial charge in [0.15, 0.2) is 11.5 Å². The van der Waals surface area contributed by atoms with Gasteiger partial charge in [0.25, 0.3) is 0 Å². The minimum Gasteiger partial charge on any atom is -0.454 e. The highest BCUT2D eigenvalue weighted by molar-refractivity contribution is 5.63. The highest BCUT2D eigenvalue weighted by Crippen LogP contribution is 2.40. The van der Waals surface area contributed by atoms with Crippen molar-refractivity contribution in [1.29, 1.82) is 0 Å². The first-order valence-corrected chi connectivity index (χ1v) is 6.91. The van der Waals surface area contributed by atoms with Crippen LogP contribution in [0.2, 0.25) is 0 Å². The highest BCUT2D eigenvalue weighted by Gasteiger charge is 2.25. The third-order valence-electron chi connectivity index (χ3n) is 3.96. The summed E-state index contributed by atoms with van der Waals surface area (Å²) in [5.74, 6) is 2.78. The SMILES string of the molecule is CC(C)N1Cc2nccn2Cc2cc3c(cc21)OCO3. The fourth-order valence-electron chi connectivity index (χ4n) is 2.88. The van der Waals surface area contributed by atoms with E-state index in [2.05, 4.69) is 40.4 Å². The van der Waals surface area contributed by atoms with Crippen LogP contribution < -0.4 is 14.4 Å². The predicted octanol–water partition coefficient (Wildman–Crippen LogP) is 2.39. The summed E-state index contributed by atoms with van der Waals surface area (Å²) in [7, 11) is 0. The van der Waals surface area contributed by atoms with E-state index >= 15 is 0 Å². The molecule has 1 aromatic carbocycles. The summed E-state index contributed by atoms with van der Waals surface area (Å²) in [6.07, 6.45) is 3.90.